The number of hydrogen-bond acceptors (Lipinski definition) is 4. The van der Waals surface area contributed by atoms with Gasteiger partial charge in [-0.05, 0) is 24.3 Å². The third-order valence-electron chi connectivity index (χ3n) is 3.44. The normalized spacial score (nSPS) is 13.2. The zero-order chi connectivity index (χ0) is 16.4. The Morgan fingerprint density at radius 3 is 2.65 bits per heavy atom. The van der Waals surface area contributed by atoms with E-state index in [-0.39, 0.29) is 29.2 Å². The Hall–Kier alpha value is -2.73. The minimum Gasteiger partial charge on any atom is -0.349 e. The van der Waals surface area contributed by atoms with Gasteiger partial charge in [-0.1, -0.05) is 23.7 Å². The number of carbonyl (C=O) groups is 3. The summed E-state index contributed by atoms with van der Waals surface area (Å²) in [4.78, 5) is 41.4. The SMILES string of the molecule is O=C(CN1C(=O)c2cccc(Cl)c2C1=O)NCc1ccccn1. The Bertz CT molecular complexity index is 792. The number of aromatic nitrogens is 1. The van der Waals surface area contributed by atoms with Crippen LogP contribution >= 0.6 is 11.6 Å². The number of amides is 3. The van der Waals surface area contributed by atoms with Gasteiger partial charge < -0.3 is 5.32 Å². The zero-order valence-electron chi connectivity index (χ0n) is 12.0. The van der Waals surface area contributed by atoms with Gasteiger partial charge >= 0.3 is 0 Å². The third-order valence-corrected chi connectivity index (χ3v) is 3.76. The number of rotatable bonds is 4. The molecule has 1 N–H and O–H groups in total. The van der Waals surface area contributed by atoms with Crippen LogP contribution in [0.15, 0.2) is 42.6 Å². The summed E-state index contributed by atoms with van der Waals surface area (Å²) >= 11 is 5.96. The van der Waals surface area contributed by atoms with Gasteiger partial charge in [-0.3, -0.25) is 24.3 Å². The first kappa shape index (κ1) is 15.2. The number of fused-ring (bicyclic) bond motifs is 1. The van der Waals surface area contributed by atoms with Crippen molar-refractivity contribution in [1.82, 2.24) is 15.2 Å². The monoisotopic (exact) mass is 329 g/mol. The molecule has 2 aromatic rings. The molecule has 0 aliphatic carbocycles. The van der Waals surface area contributed by atoms with Crippen LogP contribution in [0, 0.1) is 0 Å². The van der Waals surface area contributed by atoms with Crippen molar-refractivity contribution >= 4 is 29.3 Å². The molecule has 0 atom stereocenters. The number of nitrogens with one attached hydrogen (secondary N) is 1. The third kappa shape index (κ3) is 2.93. The van der Waals surface area contributed by atoms with Crippen LogP contribution in [0.25, 0.3) is 0 Å². The molecule has 116 valence electrons. The number of imide groups is 1. The molecule has 0 fully saturated rings. The number of halogens is 1. The molecule has 0 unspecified atom stereocenters. The summed E-state index contributed by atoms with van der Waals surface area (Å²) < 4.78 is 0. The highest BCUT2D eigenvalue weighted by Gasteiger charge is 2.38. The lowest BCUT2D eigenvalue weighted by atomic mass is 10.1. The average molecular weight is 330 g/mol. The Morgan fingerprint density at radius 2 is 1.96 bits per heavy atom. The molecular formula is C16H12ClN3O3. The lowest BCUT2D eigenvalue weighted by molar-refractivity contribution is -0.121. The highest BCUT2D eigenvalue weighted by molar-refractivity contribution is 6.37. The van der Waals surface area contributed by atoms with Crippen molar-refractivity contribution in [2.24, 2.45) is 0 Å². The van der Waals surface area contributed by atoms with Crippen LogP contribution in [0.4, 0.5) is 0 Å². The molecule has 0 saturated carbocycles. The summed E-state index contributed by atoms with van der Waals surface area (Å²) in [5.41, 5.74) is 1.06. The molecule has 3 rings (SSSR count). The van der Waals surface area contributed by atoms with Crippen molar-refractivity contribution in [2.75, 3.05) is 6.54 Å². The molecule has 1 aromatic carbocycles. The van der Waals surface area contributed by atoms with E-state index in [4.69, 9.17) is 11.6 Å². The summed E-state index contributed by atoms with van der Waals surface area (Å²) in [7, 11) is 0. The quantitative estimate of drug-likeness (QED) is 0.865. The summed E-state index contributed by atoms with van der Waals surface area (Å²) in [6, 6.07) is 10.00. The van der Waals surface area contributed by atoms with Crippen LogP contribution in [0.2, 0.25) is 5.02 Å². The Balaban J connectivity index is 1.67. The highest BCUT2D eigenvalue weighted by atomic mass is 35.5. The molecule has 0 spiro atoms. The number of hydrogen-bond donors (Lipinski definition) is 1. The van der Waals surface area contributed by atoms with E-state index in [1.165, 1.54) is 12.1 Å². The maximum atomic E-state index is 12.3. The summed E-state index contributed by atoms with van der Waals surface area (Å²) in [5.74, 6) is -1.51. The van der Waals surface area contributed by atoms with Crippen molar-refractivity contribution in [3.8, 4) is 0 Å². The fraction of sp³-hybridized carbons (Fsp3) is 0.125. The molecule has 0 bridgehead atoms. The van der Waals surface area contributed by atoms with Crippen LogP contribution in [-0.2, 0) is 11.3 Å². The van der Waals surface area contributed by atoms with Crippen molar-refractivity contribution in [1.29, 1.82) is 0 Å². The molecule has 0 radical (unpaired) electrons. The second-order valence-electron chi connectivity index (χ2n) is 4.96. The first-order valence-electron chi connectivity index (χ1n) is 6.89. The number of nitrogens with zero attached hydrogens (tertiary/aromatic N) is 2. The first-order chi connectivity index (χ1) is 11.1. The molecule has 0 saturated heterocycles. The van der Waals surface area contributed by atoms with Crippen molar-refractivity contribution < 1.29 is 14.4 Å². The fourth-order valence-corrected chi connectivity index (χ4v) is 2.58. The van der Waals surface area contributed by atoms with E-state index in [0.717, 1.165) is 4.90 Å². The maximum Gasteiger partial charge on any atom is 0.263 e. The van der Waals surface area contributed by atoms with Gasteiger partial charge in [0, 0.05) is 6.20 Å². The minimum absolute atomic E-state index is 0.150. The van der Waals surface area contributed by atoms with E-state index in [1.807, 2.05) is 0 Å². The first-order valence-corrected chi connectivity index (χ1v) is 7.27. The molecule has 2 heterocycles. The van der Waals surface area contributed by atoms with Gasteiger partial charge in [0.05, 0.1) is 28.4 Å². The zero-order valence-corrected chi connectivity index (χ0v) is 12.7. The van der Waals surface area contributed by atoms with E-state index in [9.17, 15) is 14.4 Å². The van der Waals surface area contributed by atoms with Crippen LogP contribution in [-0.4, -0.2) is 34.2 Å². The maximum absolute atomic E-state index is 12.3. The van der Waals surface area contributed by atoms with Crippen LogP contribution in [0.1, 0.15) is 26.4 Å². The van der Waals surface area contributed by atoms with Gasteiger partial charge in [0.25, 0.3) is 11.8 Å². The van der Waals surface area contributed by atoms with Gasteiger partial charge in [-0.2, -0.15) is 0 Å². The Kier molecular flexibility index (Phi) is 4.08. The second-order valence-corrected chi connectivity index (χ2v) is 5.36. The predicted octanol–water partition coefficient (Wildman–Crippen LogP) is 1.65. The molecule has 3 amide bonds. The van der Waals surface area contributed by atoms with E-state index in [2.05, 4.69) is 10.3 Å². The molecule has 1 aromatic heterocycles. The van der Waals surface area contributed by atoms with Crippen molar-refractivity contribution in [2.45, 2.75) is 6.54 Å². The molecule has 23 heavy (non-hydrogen) atoms. The average Bonchev–Trinajstić information content (AvgIpc) is 2.80. The molecule has 1 aliphatic rings. The van der Waals surface area contributed by atoms with Crippen LogP contribution in [0.5, 0.6) is 0 Å². The standard InChI is InChI=1S/C16H12ClN3O3/c17-12-6-3-5-11-14(12)16(23)20(15(11)22)9-13(21)19-8-10-4-1-2-7-18-10/h1-7H,8-9H2,(H,19,21). The predicted molar refractivity (Wildman–Crippen MR) is 82.9 cm³/mol. The molecule has 6 nitrogen and oxygen atoms in total. The lowest BCUT2D eigenvalue weighted by Gasteiger charge is -2.13. The number of benzene rings is 1. The molecule has 7 heteroatoms. The molecule has 1 aliphatic heterocycles. The second kappa shape index (κ2) is 6.18. The van der Waals surface area contributed by atoms with E-state index in [0.29, 0.717) is 5.69 Å². The lowest BCUT2D eigenvalue weighted by Crippen LogP contribution is -2.40. The van der Waals surface area contributed by atoms with Crippen LogP contribution in [0.3, 0.4) is 0 Å². The summed E-state index contributed by atoms with van der Waals surface area (Å²) in [6.07, 6.45) is 1.62. The topological polar surface area (TPSA) is 79.4 Å². The number of pyridine rings is 1. The largest absolute Gasteiger partial charge is 0.349 e. The molecular weight excluding hydrogens is 318 g/mol. The van der Waals surface area contributed by atoms with Gasteiger partial charge in [-0.25, -0.2) is 0 Å². The Labute approximate surface area is 137 Å². The minimum atomic E-state index is -0.552. The van der Waals surface area contributed by atoms with E-state index >= 15 is 0 Å². The summed E-state index contributed by atoms with van der Waals surface area (Å²) in [6.45, 7) is -0.126. The van der Waals surface area contributed by atoms with Crippen LogP contribution < -0.4 is 5.32 Å². The summed E-state index contributed by atoms with van der Waals surface area (Å²) in [5, 5.41) is 2.83. The fourth-order valence-electron chi connectivity index (χ4n) is 2.33. The van der Waals surface area contributed by atoms with E-state index in [1.54, 1.807) is 30.5 Å². The van der Waals surface area contributed by atoms with Crippen molar-refractivity contribution in [3.63, 3.8) is 0 Å². The van der Waals surface area contributed by atoms with Gasteiger partial charge in [0.1, 0.15) is 6.54 Å². The smallest absolute Gasteiger partial charge is 0.263 e. The van der Waals surface area contributed by atoms with Gasteiger partial charge in [-0.15, -0.1) is 0 Å². The van der Waals surface area contributed by atoms with Gasteiger partial charge in [0.2, 0.25) is 5.91 Å². The highest BCUT2D eigenvalue weighted by Crippen LogP contribution is 2.28. The van der Waals surface area contributed by atoms with Gasteiger partial charge in [0.15, 0.2) is 0 Å². The van der Waals surface area contributed by atoms with E-state index < -0.39 is 17.7 Å². The van der Waals surface area contributed by atoms with Crippen molar-refractivity contribution in [3.05, 3.63) is 64.4 Å². The Morgan fingerprint density at radius 1 is 1.13 bits per heavy atom. The number of carbonyl (C=O) groups excluding carboxylic acids is 3.